The Morgan fingerprint density at radius 3 is 2.40 bits per heavy atom. The van der Waals surface area contributed by atoms with Gasteiger partial charge in [0.2, 0.25) is 0 Å². The number of rotatable bonds is 5. The van der Waals surface area contributed by atoms with E-state index >= 15 is 0 Å². The fourth-order valence-corrected chi connectivity index (χ4v) is 4.61. The molecule has 0 radical (unpaired) electrons. The predicted octanol–water partition coefficient (Wildman–Crippen LogP) is 3.91. The number of urea groups is 1. The van der Waals surface area contributed by atoms with Gasteiger partial charge in [-0.15, -0.1) is 0 Å². The van der Waals surface area contributed by atoms with Crippen LogP contribution >= 0.6 is 0 Å². The zero-order chi connectivity index (χ0) is 17.7. The SMILES string of the molecule is CC(O)CC(CNC(=O)N1CCC2(CCCC2)CC1)c1ccccc1. The maximum absolute atomic E-state index is 12.6. The molecule has 2 aliphatic rings. The second-order valence-electron chi connectivity index (χ2n) is 8.07. The molecule has 1 aromatic rings. The average Bonchev–Trinajstić information content (AvgIpc) is 3.07. The molecule has 1 saturated heterocycles. The molecule has 1 aromatic carbocycles. The largest absolute Gasteiger partial charge is 0.393 e. The van der Waals surface area contributed by atoms with Crippen molar-refractivity contribution in [3.63, 3.8) is 0 Å². The maximum atomic E-state index is 12.6. The number of hydrogen-bond donors (Lipinski definition) is 2. The molecule has 4 heteroatoms. The molecule has 4 nitrogen and oxygen atoms in total. The summed E-state index contributed by atoms with van der Waals surface area (Å²) < 4.78 is 0. The first-order valence-corrected chi connectivity index (χ1v) is 9.84. The van der Waals surface area contributed by atoms with Crippen molar-refractivity contribution in [3.05, 3.63) is 35.9 Å². The first-order valence-electron chi connectivity index (χ1n) is 9.84. The lowest BCUT2D eigenvalue weighted by Gasteiger charge is -2.39. The molecule has 3 rings (SSSR count). The van der Waals surface area contributed by atoms with Crippen LogP contribution in [0.1, 0.15) is 63.4 Å². The van der Waals surface area contributed by atoms with Crippen molar-refractivity contribution in [2.45, 2.75) is 63.9 Å². The summed E-state index contributed by atoms with van der Waals surface area (Å²) in [5.41, 5.74) is 1.71. The third kappa shape index (κ3) is 4.75. The highest BCUT2D eigenvalue weighted by atomic mass is 16.3. The standard InChI is InChI=1S/C21H32N2O2/c1-17(24)15-19(18-7-3-2-4-8-18)16-22-20(25)23-13-11-21(12-14-23)9-5-6-10-21/h2-4,7-8,17,19,24H,5-6,9-16H2,1H3,(H,22,25). The normalized spacial score (nSPS) is 21.9. The lowest BCUT2D eigenvalue weighted by atomic mass is 9.77. The van der Waals surface area contributed by atoms with Crippen LogP contribution in [0.4, 0.5) is 4.79 Å². The third-order valence-electron chi connectivity index (χ3n) is 6.17. The zero-order valence-electron chi connectivity index (χ0n) is 15.4. The molecule has 25 heavy (non-hydrogen) atoms. The van der Waals surface area contributed by atoms with Gasteiger partial charge < -0.3 is 15.3 Å². The van der Waals surface area contributed by atoms with Crippen LogP contribution in [0.5, 0.6) is 0 Å². The summed E-state index contributed by atoms with van der Waals surface area (Å²) >= 11 is 0. The molecule has 138 valence electrons. The monoisotopic (exact) mass is 344 g/mol. The number of aliphatic hydroxyl groups excluding tert-OH is 1. The Bertz CT molecular complexity index is 542. The van der Waals surface area contributed by atoms with Crippen molar-refractivity contribution >= 4 is 6.03 Å². The second kappa shape index (κ2) is 8.22. The molecular weight excluding hydrogens is 312 g/mol. The Labute approximate surface area is 151 Å². The zero-order valence-corrected chi connectivity index (χ0v) is 15.4. The summed E-state index contributed by atoms with van der Waals surface area (Å²) in [6.45, 7) is 4.16. The first-order chi connectivity index (χ1) is 12.1. The fourth-order valence-electron chi connectivity index (χ4n) is 4.61. The van der Waals surface area contributed by atoms with Gasteiger partial charge in [0.25, 0.3) is 0 Å². The molecule has 2 atom stereocenters. The Kier molecular flexibility index (Phi) is 6.00. The van der Waals surface area contributed by atoms with E-state index in [1.807, 2.05) is 30.0 Å². The van der Waals surface area contributed by atoms with Gasteiger partial charge in [0.15, 0.2) is 0 Å². The number of carbonyl (C=O) groups excluding carboxylic acids is 1. The minimum atomic E-state index is -0.376. The minimum Gasteiger partial charge on any atom is -0.393 e. The lowest BCUT2D eigenvalue weighted by molar-refractivity contribution is 0.119. The number of piperidine rings is 1. The maximum Gasteiger partial charge on any atom is 0.317 e. The Hall–Kier alpha value is -1.55. The van der Waals surface area contributed by atoms with Gasteiger partial charge in [-0.1, -0.05) is 43.2 Å². The number of aliphatic hydroxyl groups is 1. The van der Waals surface area contributed by atoms with Crippen LogP contribution in [0.25, 0.3) is 0 Å². The molecule has 0 aromatic heterocycles. The molecule has 1 spiro atoms. The van der Waals surface area contributed by atoms with Crippen LogP contribution in [-0.4, -0.2) is 41.8 Å². The molecule has 0 bridgehead atoms. The van der Waals surface area contributed by atoms with Crippen molar-refractivity contribution in [1.29, 1.82) is 0 Å². The number of benzene rings is 1. The summed E-state index contributed by atoms with van der Waals surface area (Å²) in [6, 6.07) is 10.2. The topological polar surface area (TPSA) is 52.6 Å². The van der Waals surface area contributed by atoms with Crippen molar-refractivity contribution in [2.75, 3.05) is 19.6 Å². The summed E-state index contributed by atoms with van der Waals surface area (Å²) in [5.74, 6) is 0.149. The summed E-state index contributed by atoms with van der Waals surface area (Å²) in [5, 5.41) is 12.9. The highest BCUT2D eigenvalue weighted by molar-refractivity contribution is 5.74. The van der Waals surface area contributed by atoms with Crippen LogP contribution in [0, 0.1) is 5.41 Å². The van der Waals surface area contributed by atoms with Crippen LogP contribution in [0.2, 0.25) is 0 Å². The molecule has 1 saturated carbocycles. The van der Waals surface area contributed by atoms with E-state index in [9.17, 15) is 9.90 Å². The molecule has 2 fully saturated rings. The van der Waals surface area contributed by atoms with Gasteiger partial charge in [0, 0.05) is 25.6 Å². The van der Waals surface area contributed by atoms with Gasteiger partial charge in [-0.2, -0.15) is 0 Å². The molecule has 1 aliphatic carbocycles. The fraction of sp³-hybridized carbons (Fsp3) is 0.667. The first kappa shape index (κ1) is 18.2. The summed E-state index contributed by atoms with van der Waals surface area (Å²) in [7, 11) is 0. The van der Waals surface area contributed by atoms with Gasteiger partial charge in [0.1, 0.15) is 0 Å². The van der Waals surface area contributed by atoms with Crippen LogP contribution in [-0.2, 0) is 0 Å². The van der Waals surface area contributed by atoms with Gasteiger partial charge in [-0.3, -0.25) is 0 Å². The molecular formula is C21H32N2O2. The number of carbonyl (C=O) groups is 1. The highest BCUT2D eigenvalue weighted by Crippen LogP contribution is 2.46. The Morgan fingerprint density at radius 2 is 1.80 bits per heavy atom. The van der Waals surface area contributed by atoms with E-state index < -0.39 is 0 Å². The van der Waals surface area contributed by atoms with Crippen molar-refractivity contribution in [3.8, 4) is 0 Å². The summed E-state index contributed by atoms with van der Waals surface area (Å²) in [4.78, 5) is 14.6. The number of likely N-dealkylation sites (tertiary alicyclic amines) is 1. The van der Waals surface area contributed by atoms with Crippen molar-refractivity contribution < 1.29 is 9.90 Å². The smallest absolute Gasteiger partial charge is 0.317 e. The molecule has 2 unspecified atom stereocenters. The quantitative estimate of drug-likeness (QED) is 0.851. The molecule has 2 amide bonds. The average molecular weight is 344 g/mol. The van der Waals surface area contributed by atoms with Crippen LogP contribution in [0.3, 0.4) is 0 Å². The van der Waals surface area contributed by atoms with Crippen molar-refractivity contribution in [2.24, 2.45) is 5.41 Å². The van der Waals surface area contributed by atoms with Crippen molar-refractivity contribution in [1.82, 2.24) is 10.2 Å². The number of amides is 2. The van der Waals surface area contributed by atoms with E-state index in [0.29, 0.717) is 18.4 Å². The van der Waals surface area contributed by atoms with E-state index in [2.05, 4.69) is 17.4 Å². The Morgan fingerprint density at radius 1 is 1.16 bits per heavy atom. The van der Waals surface area contributed by atoms with Gasteiger partial charge in [0.05, 0.1) is 6.10 Å². The van der Waals surface area contributed by atoms with Gasteiger partial charge in [-0.25, -0.2) is 4.79 Å². The van der Waals surface area contributed by atoms with Crippen LogP contribution in [0.15, 0.2) is 30.3 Å². The minimum absolute atomic E-state index is 0.0550. The van der Waals surface area contributed by atoms with E-state index in [1.54, 1.807) is 0 Å². The van der Waals surface area contributed by atoms with E-state index in [1.165, 1.54) is 31.2 Å². The van der Waals surface area contributed by atoms with E-state index in [0.717, 1.165) is 25.9 Å². The van der Waals surface area contributed by atoms with E-state index in [4.69, 9.17) is 0 Å². The second-order valence-corrected chi connectivity index (χ2v) is 8.07. The molecule has 1 heterocycles. The van der Waals surface area contributed by atoms with E-state index in [-0.39, 0.29) is 18.1 Å². The Balaban J connectivity index is 1.51. The highest BCUT2D eigenvalue weighted by Gasteiger charge is 2.37. The van der Waals surface area contributed by atoms with Gasteiger partial charge in [-0.05, 0) is 50.0 Å². The predicted molar refractivity (Wildman–Crippen MR) is 101 cm³/mol. The number of hydrogen-bond acceptors (Lipinski definition) is 2. The molecule has 2 N–H and O–H groups in total. The molecule has 1 aliphatic heterocycles. The number of nitrogens with zero attached hydrogens (tertiary/aromatic N) is 1. The van der Waals surface area contributed by atoms with Crippen LogP contribution < -0.4 is 5.32 Å². The van der Waals surface area contributed by atoms with Gasteiger partial charge >= 0.3 is 6.03 Å². The number of nitrogens with one attached hydrogen (secondary N) is 1. The lowest BCUT2D eigenvalue weighted by Crippen LogP contribution is -2.47. The summed E-state index contributed by atoms with van der Waals surface area (Å²) in [6.07, 6.45) is 8.05. The third-order valence-corrected chi connectivity index (χ3v) is 6.17.